The molecule has 1 heterocycles. The molecule has 21 heavy (non-hydrogen) atoms. The van der Waals surface area contributed by atoms with Crippen LogP contribution in [0.4, 0.5) is 0 Å². The van der Waals surface area contributed by atoms with Gasteiger partial charge in [-0.25, -0.2) is 0 Å². The molecule has 0 spiro atoms. The number of hydrogen-bond acceptors (Lipinski definition) is 3. The van der Waals surface area contributed by atoms with Crippen molar-refractivity contribution >= 4 is 24.8 Å². The zero-order valence-corrected chi connectivity index (χ0v) is 14.6. The largest absolute Gasteiger partial charge is 0.497 e. The molecule has 1 saturated heterocycles. The van der Waals surface area contributed by atoms with Gasteiger partial charge in [0.25, 0.3) is 0 Å². The summed E-state index contributed by atoms with van der Waals surface area (Å²) in [5, 5.41) is 3.43. The highest BCUT2D eigenvalue weighted by molar-refractivity contribution is 5.85. The van der Waals surface area contributed by atoms with E-state index in [9.17, 15) is 0 Å². The molecule has 1 atom stereocenters. The average Bonchev–Trinajstić information content (AvgIpc) is 2.49. The van der Waals surface area contributed by atoms with Gasteiger partial charge in [-0.3, -0.25) is 4.90 Å². The highest BCUT2D eigenvalue weighted by atomic mass is 35.5. The molecular formula is C16H28Cl2N2O. The molecule has 0 saturated carbocycles. The van der Waals surface area contributed by atoms with Gasteiger partial charge in [0.2, 0.25) is 0 Å². The minimum atomic E-state index is 0. The van der Waals surface area contributed by atoms with E-state index in [1.807, 2.05) is 0 Å². The average molecular weight is 335 g/mol. The maximum Gasteiger partial charge on any atom is 0.118 e. The van der Waals surface area contributed by atoms with Crippen molar-refractivity contribution < 1.29 is 4.74 Å². The lowest BCUT2D eigenvalue weighted by molar-refractivity contribution is 0.163. The van der Waals surface area contributed by atoms with Crippen molar-refractivity contribution in [2.45, 2.75) is 32.2 Å². The maximum absolute atomic E-state index is 5.25. The van der Waals surface area contributed by atoms with E-state index in [-0.39, 0.29) is 24.8 Å². The summed E-state index contributed by atoms with van der Waals surface area (Å²) in [4.78, 5) is 2.62. The van der Waals surface area contributed by atoms with E-state index in [4.69, 9.17) is 4.74 Å². The number of benzene rings is 1. The summed E-state index contributed by atoms with van der Waals surface area (Å²) in [5.74, 6) is 0.943. The van der Waals surface area contributed by atoms with Crippen LogP contribution in [0.25, 0.3) is 0 Å². The molecule has 122 valence electrons. The predicted octanol–water partition coefficient (Wildman–Crippen LogP) is 3.68. The standard InChI is InChI=1S/C16H26N2O.2ClH/c1-3-4-5-16(18-12-10-17-11-13-18)14-6-8-15(19-2)9-7-14;;/h6-9,16-17H,3-5,10-13H2,1-2H3;2*1H/t16-;;/m0../s1. The van der Waals surface area contributed by atoms with Crippen LogP contribution in [-0.2, 0) is 0 Å². The lowest BCUT2D eigenvalue weighted by Crippen LogP contribution is -2.45. The number of nitrogens with one attached hydrogen (secondary N) is 1. The molecule has 2 rings (SSSR count). The molecule has 1 aliphatic heterocycles. The van der Waals surface area contributed by atoms with Crippen LogP contribution in [0.5, 0.6) is 5.75 Å². The Morgan fingerprint density at radius 1 is 1.14 bits per heavy atom. The van der Waals surface area contributed by atoms with Crippen molar-refractivity contribution in [2.24, 2.45) is 0 Å². The van der Waals surface area contributed by atoms with Gasteiger partial charge >= 0.3 is 0 Å². The molecule has 1 N–H and O–H groups in total. The van der Waals surface area contributed by atoms with Gasteiger partial charge in [-0.2, -0.15) is 0 Å². The molecule has 0 aliphatic carbocycles. The molecular weight excluding hydrogens is 307 g/mol. The highest BCUT2D eigenvalue weighted by Crippen LogP contribution is 2.28. The number of nitrogens with zero attached hydrogens (tertiary/aromatic N) is 1. The Labute approximate surface area is 141 Å². The fourth-order valence-corrected chi connectivity index (χ4v) is 2.78. The van der Waals surface area contributed by atoms with Crippen LogP contribution in [0.1, 0.15) is 37.8 Å². The van der Waals surface area contributed by atoms with Gasteiger partial charge in [0.05, 0.1) is 7.11 Å². The second-order valence-electron chi connectivity index (χ2n) is 5.22. The Kier molecular flexibility index (Phi) is 10.9. The van der Waals surface area contributed by atoms with Crippen LogP contribution < -0.4 is 10.1 Å². The second kappa shape index (κ2) is 11.1. The number of rotatable bonds is 6. The van der Waals surface area contributed by atoms with E-state index in [0.717, 1.165) is 31.9 Å². The monoisotopic (exact) mass is 334 g/mol. The minimum absolute atomic E-state index is 0. The first-order valence-corrected chi connectivity index (χ1v) is 7.44. The lowest BCUT2D eigenvalue weighted by atomic mass is 9.98. The summed E-state index contributed by atoms with van der Waals surface area (Å²) >= 11 is 0. The Morgan fingerprint density at radius 3 is 2.29 bits per heavy atom. The molecule has 1 fully saturated rings. The fraction of sp³-hybridized carbons (Fsp3) is 0.625. The van der Waals surface area contributed by atoms with Gasteiger partial charge in [-0.05, 0) is 24.1 Å². The molecule has 1 aromatic rings. The summed E-state index contributed by atoms with van der Waals surface area (Å²) in [6.07, 6.45) is 3.81. The van der Waals surface area contributed by atoms with E-state index < -0.39 is 0 Å². The number of unbranched alkanes of at least 4 members (excludes halogenated alkanes) is 1. The van der Waals surface area contributed by atoms with Crippen molar-refractivity contribution in [3.8, 4) is 5.75 Å². The smallest absolute Gasteiger partial charge is 0.118 e. The first-order chi connectivity index (χ1) is 9.35. The molecule has 0 aromatic heterocycles. The fourth-order valence-electron chi connectivity index (χ4n) is 2.78. The number of methoxy groups -OCH3 is 1. The maximum atomic E-state index is 5.25. The molecule has 1 aliphatic rings. The van der Waals surface area contributed by atoms with Gasteiger partial charge < -0.3 is 10.1 Å². The molecule has 0 radical (unpaired) electrons. The highest BCUT2D eigenvalue weighted by Gasteiger charge is 2.21. The number of halogens is 2. The van der Waals surface area contributed by atoms with Crippen LogP contribution in [0.15, 0.2) is 24.3 Å². The SMILES string of the molecule is CCCC[C@@H](c1ccc(OC)cc1)N1CCNCC1.Cl.Cl. The summed E-state index contributed by atoms with van der Waals surface area (Å²) in [6, 6.07) is 9.17. The first kappa shape index (κ1) is 20.5. The van der Waals surface area contributed by atoms with E-state index in [2.05, 4.69) is 41.4 Å². The van der Waals surface area contributed by atoms with Crippen molar-refractivity contribution in [2.75, 3.05) is 33.3 Å². The van der Waals surface area contributed by atoms with Gasteiger partial charge in [-0.15, -0.1) is 24.8 Å². The molecule has 0 unspecified atom stereocenters. The van der Waals surface area contributed by atoms with Crippen molar-refractivity contribution in [1.29, 1.82) is 0 Å². The Hall–Kier alpha value is -0.480. The summed E-state index contributed by atoms with van der Waals surface area (Å²) in [6.45, 7) is 6.79. The third-order valence-electron chi connectivity index (χ3n) is 3.92. The third kappa shape index (κ3) is 6.03. The molecule has 5 heteroatoms. The Balaban J connectivity index is 0.00000200. The van der Waals surface area contributed by atoms with Gasteiger partial charge in [0.15, 0.2) is 0 Å². The Bertz CT molecular complexity index is 367. The second-order valence-corrected chi connectivity index (χ2v) is 5.22. The lowest BCUT2D eigenvalue weighted by Gasteiger charge is -2.35. The van der Waals surface area contributed by atoms with E-state index >= 15 is 0 Å². The minimum Gasteiger partial charge on any atom is -0.497 e. The predicted molar refractivity (Wildman–Crippen MR) is 94.2 cm³/mol. The van der Waals surface area contributed by atoms with Crippen LogP contribution in [0.3, 0.4) is 0 Å². The number of ether oxygens (including phenoxy) is 1. The number of piperazine rings is 1. The summed E-state index contributed by atoms with van der Waals surface area (Å²) in [5.41, 5.74) is 1.43. The molecule has 3 nitrogen and oxygen atoms in total. The van der Waals surface area contributed by atoms with Crippen molar-refractivity contribution in [3.05, 3.63) is 29.8 Å². The van der Waals surface area contributed by atoms with E-state index in [1.165, 1.54) is 24.8 Å². The quantitative estimate of drug-likeness (QED) is 0.858. The van der Waals surface area contributed by atoms with Gasteiger partial charge in [0, 0.05) is 32.2 Å². The van der Waals surface area contributed by atoms with Crippen LogP contribution >= 0.6 is 24.8 Å². The topological polar surface area (TPSA) is 24.5 Å². The molecule has 0 amide bonds. The molecule has 0 bridgehead atoms. The Morgan fingerprint density at radius 2 is 1.76 bits per heavy atom. The molecule has 1 aromatic carbocycles. The summed E-state index contributed by atoms with van der Waals surface area (Å²) in [7, 11) is 1.72. The van der Waals surface area contributed by atoms with E-state index in [1.54, 1.807) is 7.11 Å². The normalized spacial score (nSPS) is 16.5. The summed E-state index contributed by atoms with van der Waals surface area (Å²) < 4.78 is 5.25. The van der Waals surface area contributed by atoms with Gasteiger partial charge in [-0.1, -0.05) is 31.9 Å². The van der Waals surface area contributed by atoms with Crippen LogP contribution in [-0.4, -0.2) is 38.2 Å². The van der Waals surface area contributed by atoms with Crippen LogP contribution in [0.2, 0.25) is 0 Å². The first-order valence-electron chi connectivity index (χ1n) is 7.44. The van der Waals surface area contributed by atoms with E-state index in [0.29, 0.717) is 6.04 Å². The van der Waals surface area contributed by atoms with Crippen LogP contribution in [0, 0.1) is 0 Å². The number of hydrogen-bond donors (Lipinski definition) is 1. The third-order valence-corrected chi connectivity index (χ3v) is 3.92. The van der Waals surface area contributed by atoms with Crippen molar-refractivity contribution in [1.82, 2.24) is 10.2 Å². The van der Waals surface area contributed by atoms with Gasteiger partial charge in [0.1, 0.15) is 5.75 Å². The zero-order chi connectivity index (χ0) is 13.5. The van der Waals surface area contributed by atoms with Crippen molar-refractivity contribution in [3.63, 3.8) is 0 Å². The zero-order valence-electron chi connectivity index (χ0n) is 13.0.